The van der Waals surface area contributed by atoms with Gasteiger partial charge < -0.3 is 5.32 Å². The molecule has 3 rings (SSSR count). The van der Waals surface area contributed by atoms with E-state index in [1.165, 1.54) is 56.6 Å². The number of likely N-dealkylation sites (tertiary alicyclic amines) is 2. The van der Waals surface area contributed by atoms with Crippen molar-refractivity contribution in [2.24, 2.45) is 0 Å². The van der Waals surface area contributed by atoms with Crippen LogP contribution in [0.4, 0.5) is 0 Å². The molecule has 0 aromatic heterocycles. The van der Waals surface area contributed by atoms with E-state index < -0.39 is 0 Å². The SMILES string of the molecule is CNC(CN1CCC(N2CCCC2)C1)c1ccccc1C. The van der Waals surface area contributed by atoms with Crippen molar-refractivity contribution in [2.75, 3.05) is 39.8 Å². The molecule has 2 atom stereocenters. The van der Waals surface area contributed by atoms with Gasteiger partial charge in [0.1, 0.15) is 0 Å². The molecule has 2 aliphatic heterocycles. The summed E-state index contributed by atoms with van der Waals surface area (Å²) in [6.07, 6.45) is 4.15. The van der Waals surface area contributed by atoms with Gasteiger partial charge in [0.05, 0.1) is 0 Å². The van der Waals surface area contributed by atoms with Gasteiger partial charge in [-0.2, -0.15) is 0 Å². The van der Waals surface area contributed by atoms with Gasteiger partial charge in [0.2, 0.25) is 0 Å². The van der Waals surface area contributed by atoms with E-state index in [9.17, 15) is 0 Å². The number of rotatable bonds is 5. The summed E-state index contributed by atoms with van der Waals surface area (Å²) < 4.78 is 0. The molecule has 0 bridgehead atoms. The topological polar surface area (TPSA) is 18.5 Å². The molecule has 2 fully saturated rings. The second-order valence-electron chi connectivity index (χ2n) is 6.64. The summed E-state index contributed by atoms with van der Waals surface area (Å²) in [5, 5.41) is 3.52. The standard InChI is InChI=1S/C18H29N3/c1-15-7-3-4-8-17(15)18(19-2)14-20-12-9-16(13-20)21-10-5-6-11-21/h3-4,7-8,16,18-19H,5-6,9-14H2,1-2H3. The predicted molar refractivity (Wildman–Crippen MR) is 88.6 cm³/mol. The van der Waals surface area contributed by atoms with Gasteiger partial charge in [0.15, 0.2) is 0 Å². The van der Waals surface area contributed by atoms with Gasteiger partial charge in [-0.15, -0.1) is 0 Å². The van der Waals surface area contributed by atoms with Crippen molar-refractivity contribution in [3.05, 3.63) is 35.4 Å². The quantitative estimate of drug-likeness (QED) is 0.897. The molecule has 0 amide bonds. The van der Waals surface area contributed by atoms with Crippen molar-refractivity contribution in [1.82, 2.24) is 15.1 Å². The predicted octanol–water partition coefficient (Wildman–Crippen LogP) is 2.43. The van der Waals surface area contributed by atoms with Crippen molar-refractivity contribution in [2.45, 2.75) is 38.3 Å². The number of hydrogen-bond acceptors (Lipinski definition) is 3. The minimum Gasteiger partial charge on any atom is -0.312 e. The summed E-state index contributed by atoms with van der Waals surface area (Å²) in [4.78, 5) is 5.36. The summed E-state index contributed by atoms with van der Waals surface area (Å²) in [6, 6.07) is 10.0. The highest BCUT2D eigenvalue weighted by atomic mass is 15.3. The Hall–Kier alpha value is -0.900. The fourth-order valence-corrected chi connectivity index (χ4v) is 3.96. The summed E-state index contributed by atoms with van der Waals surface area (Å²) >= 11 is 0. The van der Waals surface area contributed by atoms with Crippen LogP contribution >= 0.6 is 0 Å². The van der Waals surface area contributed by atoms with Crippen LogP contribution in [0.2, 0.25) is 0 Å². The number of nitrogens with zero attached hydrogens (tertiary/aromatic N) is 2. The second kappa shape index (κ2) is 6.91. The first-order valence-electron chi connectivity index (χ1n) is 8.47. The molecule has 1 aromatic rings. The maximum absolute atomic E-state index is 3.52. The van der Waals surface area contributed by atoms with Crippen LogP contribution < -0.4 is 5.32 Å². The zero-order valence-electron chi connectivity index (χ0n) is 13.5. The first-order chi connectivity index (χ1) is 10.3. The highest BCUT2D eigenvalue weighted by molar-refractivity contribution is 5.29. The lowest BCUT2D eigenvalue weighted by atomic mass is 10.0. The average molecular weight is 287 g/mol. The van der Waals surface area contributed by atoms with Crippen molar-refractivity contribution in [1.29, 1.82) is 0 Å². The maximum Gasteiger partial charge on any atom is 0.0449 e. The number of benzene rings is 1. The first-order valence-corrected chi connectivity index (χ1v) is 8.47. The summed E-state index contributed by atoms with van der Waals surface area (Å²) in [7, 11) is 2.09. The van der Waals surface area contributed by atoms with Crippen molar-refractivity contribution in [3.8, 4) is 0 Å². The highest BCUT2D eigenvalue weighted by Gasteiger charge is 2.30. The third-order valence-corrected chi connectivity index (χ3v) is 5.26. The molecule has 2 saturated heterocycles. The molecule has 2 heterocycles. The van der Waals surface area contributed by atoms with Crippen LogP contribution in [0.3, 0.4) is 0 Å². The smallest absolute Gasteiger partial charge is 0.0449 e. The number of nitrogens with one attached hydrogen (secondary N) is 1. The Morgan fingerprint density at radius 1 is 1.19 bits per heavy atom. The van der Waals surface area contributed by atoms with Crippen LogP contribution in [0.1, 0.15) is 36.4 Å². The van der Waals surface area contributed by atoms with Gasteiger partial charge >= 0.3 is 0 Å². The number of likely N-dealkylation sites (N-methyl/N-ethyl adjacent to an activating group) is 1. The highest BCUT2D eigenvalue weighted by Crippen LogP contribution is 2.24. The fraction of sp³-hybridized carbons (Fsp3) is 0.667. The van der Waals surface area contributed by atoms with Crippen LogP contribution in [0.5, 0.6) is 0 Å². The Morgan fingerprint density at radius 3 is 2.67 bits per heavy atom. The second-order valence-corrected chi connectivity index (χ2v) is 6.64. The first kappa shape index (κ1) is 15.0. The third-order valence-electron chi connectivity index (χ3n) is 5.26. The average Bonchev–Trinajstić information content (AvgIpc) is 3.16. The van der Waals surface area contributed by atoms with Crippen LogP contribution in [0.25, 0.3) is 0 Å². The third kappa shape index (κ3) is 3.47. The minimum atomic E-state index is 0.448. The molecule has 0 radical (unpaired) electrons. The van der Waals surface area contributed by atoms with E-state index in [0.29, 0.717) is 6.04 Å². The molecule has 0 aliphatic carbocycles. The fourth-order valence-electron chi connectivity index (χ4n) is 3.96. The van der Waals surface area contributed by atoms with Gasteiger partial charge in [-0.1, -0.05) is 24.3 Å². The van der Waals surface area contributed by atoms with E-state index in [0.717, 1.165) is 12.6 Å². The van der Waals surface area contributed by atoms with Crippen LogP contribution in [0, 0.1) is 6.92 Å². The van der Waals surface area contributed by atoms with Gasteiger partial charge in [-0.25, -0.2) is 0 Å². The molecular formula is C18H29N3. The molecule has 1 aromatic carbocycles. The Balaban J connectivity index is 1.59. The molecule has 21 heavy (non-hydrogen) atoms. The van der Waals surface area contributed by atoms with Crippen LogP contribution in [-0.2, 0) is 0 Å². The number of hydrogen-bond donors (Lipinski definition) is 1. The van der Waals surface area contributed by atoms with E-state index in [4.69, 9.17) is 0 Å². The molecule has 3 heteroatoms. The molecule has 0 spiro atoms. The lowest BCUT2D eigenvalue weighted by molar-refractivity contribution is 0.224. The summed E-state index contributed by atoms with van der Waals surface area (Å²) in [6.45, 7) is 8.51. The normalized spacial score (nSPS) is 25.5. The Kier molecular flexibility index (Phi) is 4.94. The Bertz CT molecular complexity index is 454. The zero-order chi connectivity index (χ0) is 14.7. The summed E-state index contributed by atoms with van der Waals surface area (Å²) in [5.74, 6) is 0. The Labute approximate surface area is 129 Å². The molecule has 2 aliphatic rings. The monoisotopic (exact) mass is 287 g/mol. The van der Waals surface area contributed by atoms with Crippen molar-refractivity contribution < 1.29 is 0 Å². The lowest BCUT2D eigenvalue weighted by Crippen LogP contribution is -2.37. The van der Waals surface area contributed by atoms with Gasteiger partial charge in [0.25, 0.3) is 0 Å². The van der Waals surface area contributed by atoms with Gasteiger partial charge in [0, 0.05) is 25.2 Å². The van der Waals surface area contributed by atoms with Crippen LogP contribution in [-0.4, -0.2) is 55.6 Å². The van der Waals surface area contributed by atoms with E-state index in [2.05, 4.69) is 53.4 Å². The molecule has 116 valence electrons. The van der Waals surface area contributed by atoms with Crippen molar-refractivity contribution >= 4 is 0 Å². The molecule has 0 saturated carbocycles. The van der Waals surface area contributed by atoms with E-state index in [1.807, 2.05) is 0 Å². The minimum absolute atomic E-state index is 0.448. The molecular weight excluding hydrogens is 258 g/mol. The van der Waals surface area contributed by atoms with E-state index >= 15 is 0 Å². The van der Waals surface area contributed by atoms with Gasteiger partial charge in [-0.3, -0.25) is 9.80 Å². The summed E-state index contributed by atoms with van der Waals surface area (Å²) in [5.41, 5.74) is 2.84. The van der Waals surface area contributed by atoms with Crippen molar-refractivity contribution in [3.63, 3.8) is 0 Å². The molecule has 2 unspecified atom stereocenters. The van der Waals surface area contributed by atoms with Crippen LogP contribution in [0.15, 0.2) is 24.3 Å². The van der Waals surface area contributed by atoms with E-state index in [-0.39, 0.29) is 0 Å². The largest absolute Gasteiger partial charge is 0.312 e. The van der Waals surface area contributed by atoms with E-state index in [1.54, 1.807) is 0 Å². The molecule has 3 nitrogen and oxygen atoms in total. The van der Waals surface area contributed by atoms with Gasteiger partial charge in [-0.05, 0) is 64.0 Å². The zero-order valence-corrected chi connectivity index (χ0v) is 13.5. The Morgan fingerprint density at radius 2 is 1.95 bits per heavy atom. The number of aryl methyl sites for hydroxylation is 1. The lowest BCUT2D eigenvalue weighted by Gasteiger charge is -2.27. The molecule has 1 N–H and O–H groups in total. The maximum atomic E-state index is 3.52.